The van der Waals surface area contributed by atoms with Crippen molar-refractivity contribution in [1.82, 2.24) is 5.32 Å². The SMILES string of the molecule is CC(C)C(NC(=O)c1ccco1)C(=O)Nc1ccc(N(C)C)cc1. The second kappa shape index (κ2) is 7.68. The average molecular weight is 329 g/mol. The maximum Gasteiger partial charge on any atom is 0.287 e. The molecule has 0 aliphatic heterocycles. The molecule has 0 aliphatic carbocycles. The van der Waals surface area contributed by atoms with Gasteiger partial charge in [0.05, 0.1) is 6.26 Å². The molecule has 6 nitrogen and oxygen atoms in total. The zero-order chi connectivity index (χ0) is 17.7. The maximum absolute atomic E-state index is 12.5. The molecule has 0 fully saturated rings. The minimum Gasteiger partial charge on any atom is -0.459 e. The van der Waals surface area contributed by atoms with Crippen molar-refractivity contribution in [3.05, 3.63) is 48.4 Å². The molecule has 0 radical (unpaired) electrons. The fourth-order valence-electron chi connectivity index (χ4n) is 2.22. The monoisotopic (exact) mass is 329 g/mol. The lowest BCUT2D eigenvalue weighted by atomic mass is 10.0. The summed E-state index contributed by atoms with van der Waals surface area (Å²) in [6, 6.07) is 10.0. The number of rotatable bonds is 6. The van der Waals surface area contributed by atoms with Crippen LogP contribution in [0, 0.1) is 5.92 Å². The van der Waals surface area contributed by atoms with Crippen molar-refractivity contribution in [3.63, 3.8) is 0 Å². The summed E-state index contributed by atoms with van der Waals surface area (Å²) in [5, 5.41) is 5.55. The van der Waals surface area contributed by atoms with Crippen molar-refractivity contribution < 1.29 is 14.0 Å². The molecule has 0 aliphatic rings. The van der Waals surface area contributed by atoms with Gasteiger partial charge in [-0.3, -0.25) is 9.59 Å². The second-order valence-corrected chi connectivity index (χ2v) is 6.10. The molecule has 6 heteroatoms. The summed E-state index contributed by atoms with van der Waals surface area (Å²) in [5.41, 5.74) is 1.73. The number of hydrogen-bond acceptors (Lipinski definition) is 4. The van der Waals surface area contributed by atoms with Gasteiger partial charge in [-0.05, 0) is 42.3 Å². The fraction of sp³-hybridized carbons (Fsp3) is 0.333. The Morgan fingerprint density at radius 3 is 2.25 bits per heavy atom. The van der Waals surface area contributed by atoms with E-state index in [1.165, 1.54) is 6.26 Å². The largest absolute Gasteiger partial charge is 0.459 e. The van der Waals surface area contributed by atoms with Crippen molar-refractivity contribution in [2.24, 2.45) is 5.92 Å². The van der Waals surface area contributed by atoms with Crippen LogP contribution in [0.5, 0.6) is 0 Å². The van der Waals surface area contributed by atoms with E-state index in [0.717, 1.165) is 5.69 Å². The standard InChI is InChI=1S/C18H23N3O3/c1-12(2)16(20-17(22)15-6-5-11-24-15)18(23)19-13-7-9-14(10-8-13)21(3)4/h5-12,16H,1-4H3,(H,19,23)(H,20,22). The van der Waals surface area contributed by atoms with Gasteiger partial charge in [-0.1, -0.05) is 13.8 Å². The topological polar surface area (TPSA) is 74.6 Å². The van der Waals surface area contributed by atoms with E-state index in [9.17, 15) is 9.59 Å². The van der Waals surface area contributed by atoms with Gasteiger partial charge >= 0.3 is 0 Å². The Morgan fingerprint density at radius 2 is 1.75 bits per heavy atom. The maximum atomic E-state index is 12.5. The van der Waals surface area contributed by atoms with Crippen LogP contribution in [0.15, 0.2) is 47.1 Å². The van der Waals surface area contributed by atoms with E-state index in [0.29, 0.717) is 5.69 Å². The predicted octanol–water partition coefficient (Wildman–Crippen LogP) is 2.74. The average Bonchev–Trinajstić information content (AvgIpc) is 3.07. The third-order valence-corrected chi connectivity index (χ3v) is 3.63. The highest BCUT2D eigenvalue weighted by atomic mass is 16.3. The highest BCUT2D eigenvalue weighted by molar-refractivity contribution is 6.00. The Labute approximate surface area is 141 Å². The number of hydrogen-bond donors (Lipinski definition) is 2. The summed E-state index contributed by atoms with van der Waals surface area (Å²) in [5.74, 6) is -0.548. The van der Waals surface area contributed by atoms with Gasteiger partial charge in [-0.25, -0.2) is 0 Å². The molecule has 2 rings (SSSR count). The van der Waals surface area contributed by atoms with E-state index in [-0.39, 0.29) is 17.6 Å². The Kier molecular flexibility index (Phi) is 5.63. The Hall–Kier alpha value is -2.76. The molecular formula is C18H23N3O3. The Bertz CT molecular complexity index is 676. The summed E-state index contributed by atoms with van der Waals surface area (Å²) in [6.07, 6.45) is 1.42. The van der Waals surface area contributed by atoms with Crippen molar-refractivity contribution in [2.45, 2.75) is 19.9 Å². The van der Waals surface area contributed by atoms with E-state index in [4.69, 9.17) is 4.42 Å². The number of carbonyl (C=O) groups excluding carboxylic acids is 2. The van der Waals surface area contributed by atoms with Crippen LogP contribution >= 0.6 is 0 Å². The second-order valence-electron chi connectivity index (χ2n) is 6.10. The van der Waals surface area contributed by atoms with Gasteiger partial charge in [0.25, 0.3) is 5.91 Å². The van der Waals surface area contributed by atoms with Crippen LogP contribution in [-0.4, -0.2) is 32.0 Å². The van der Waals surface area contributed by atoms with Gasteiger partial charge < -0.3 is 20.0 Å². The third kappa shape index (κ3) is 4.38. The molecule has 0 saturated heterocycles. The van der Waals surface area contributed by atoms with Crippen LogP contribution in [0.4, 0.5) is 11.4 Å². The summed E-state index contributed by atoms with van der Waals surface area (Å²) in [4.78, 5) is 26.6. The molecule has 0 bridgehead atoms. The summed E-state index contributed by atoms with van der Waals surface area (Å²) in [6.45, 7) is 3.75. The van der Waals surface area contributed by atoms with Crippen LogP contribution in [0.25, 0.3) is 0 Å². The first kappa shape index (κ1) is 17.6. The molecule has 1 atom stereocenters. The lowest BCUT2D eigenvalue weighted by Gasteiger charge is -2.21. The normalized spacial score (nSPS) is 11.9. The van der Waals surface area contributed by atoms with Crippen LogP contribution in [0.1, 0.15) is 24.4 Å². The number of furan rings is 1. The predicted molar refractivity (Wildman–Crippen MR) is 94.2 cm³/mol. The number of amides is 2. The summed E-state index contributed by atoms with van der Waals surface area (Å²) < 4.78 is 5.06. The fourth-order valence-corrected chi connectivity index (χ4v) is 2.22. The molecular weight excluding hydrogens is 306 g/mol. The van der Waals surface area contributed by atoms with Crippen LogP contribution in [0.2, 0.25) is 0 Å². The van der Waals surface area contributed by atoms with Crippen molar-refractivity contribution in [2.75, 3.05) is 24.3 Å². The van der Waals surface area contributed by atoms with Crippen molar-refractivity contribution in [3.8, 4) is 0 Å². The first-order chi connectivity index (χ1) is 11.4. The molecule has 128 valence electrons. The number of nitrogens with one attached hydrogen (secondary N) is 2. The molecule has 0 saturated carbocycles. The minimum absolute atomic E-state index is 0.0649. The van der Waals surface area contributed by atoms with Gasteiger partial charge in [0.2, 0.25) is 5.91 Å². The van der Waals surface area contributed by atoms with E-state index in [2.05, 4.69) is 10.6 Å². The highest BCUT2D eigenvalue weighted by Crippen LogP contribution is 2.16. The molecule has 1 heterocycles. The zero-order valence-corrected chi connectivity index (χ0v) is 14.4. The van der Waals surface area contributed by atoms with Crippen molar-refractivity contribution >= 4 is 23.2 Å². The lowest BCUT2D eigenvalue weighted by molar-refractivity contribution is -0.118. The van der Waals surface area contributed by atoms with Gasteiger partial charge in [0.15, 0.2) is 5.76 Å². The molecule has 2 N–H and O–H groups in total. The molecule has 0 spiro atoms. The van der Waals surface area contributed by atoms with Gasteiger partial charge in [0.1, 0.15) is 6.04 Å². The first-order valence-corrected chi connectivity index (χ1v) is 7.81. The summed E-state index contributed by atoms with van der Waals surface area (Å²) in [7, 11) is 3.90. The lowest BCUT2D eigenvalue weighted by Crippen LogP contribution is -2.47. The van der Waals surface area contributed by atoms with Crippen LogP contribution in [-0.2, 0) is 4.79 Å². The van der Waals surface area contributed by atoms with Gasteiger partial charge in [-0.15, -0.1) is 0 Å². The van der Waals surface area contributed by atoms with E-state index in [1.807, 2.05) is 57.1 Å². The van der Waals surface area contributed by atoms with E-state index >= 15 is 0 Å². The molecule has 1 aromatic carbocycles. The van der Waals surface area contributed by atoms with E-state index < -0.39 is 11.9 Å². The summed E-state index contributed by atoms with van der Waals surface area (Å²) >= 11 is 0. The number of anilines is 2. The molecule has 2 aromatic rings. The molecule has 1 unspecified atom stereocenters. The molecule has 24 heavy (non-hydrogen) atoms. The van der Waals surface area contributed by atoms with Crippen LogP contribution < -0.4 is 15.5 Å². The number of carbonyl (C=O) groups is 2. The highest BCUT2D eigenvalue weighted by Gasteiger charge is 2.25. The Balaban J connectivity index is 2.04. The third-order valence-electron chi connectivity index (χ3n) is 3.63. The van der Waals surface area contributed by atoms with E-state index in [1.54, 1.807) is 12.1 Å². The molecule has 1 aromatic heterocycles. The van der Waals surface area contributed by atoms with Crippen LogP contribution in [0.3, 0.4) is 0 Å². The minimum atomic E-state index is -0.656. The number of benzene rings is 1. The molecule has 2 amide bonds. The van der Waals surface area contributed by atoms with Gasteiger partial charge in [0, 0.05) is 25.5 Å². The zero-order valence-electron chi connectivity index (χ0n) is 14.4. The Morgan fingerprint density at radius 1 is 1.08 bits per heavy atom. The quantitative estimate of drug-likeness (QED) is 0.854. The number of nitrogens with zero attached hydrogens (tertiary/aromatic N) is 1. The smallest absolute Gasteiger partial charge is 0.287 e. The van der Waals surface area contributed by atoms with Gasteiger partial charge in [-0.2, -0.15) is 0 Å². The first-order valence-electron chi connectivity index (χ1n) is 7.81. The van der Waals surface area contributed by atoms with Crippen molar-refractivity contribution in [1.29, 1.82) is 0 Å².